The number of carbonyl (C=O) groups excluding carboxylic acids is 6. The molecular formula is C72H94N15O11S+. The number of carboxylic acids is 1. The van der Waals surface area contributed by atoms with E-state index in [1.54, 1.807) is 31.4 Å². The summed E-state index contributed by atoms with van der Waals surface area (Å²) >= 11 is 1.55. The van der Waals surface area contributed by atoms with Crippen molar-refractivity contribution in [2.45, 2.75) is 156 Å². The number of fused-ring (bicyclic) bond motifs is 2. The summed E-state index contributed by atoms with van der Waals surface area (Å²) in [5.41, 5.74) is 11.4. The molecule has 4 fully saturated rings. The molecule has 0 spiro atoms. The first-order valence-electron chi connectivity index (χ1n) is 34.5. The van der Waals surface area contributed by atoms with E-state index in [0.717, 1.165) is 119 Å². The maximum absolute atomic E-state index is 14.1. The Balaban J connectivity index is 0.723. The number of pyridine rings is 1. The topological polar surface area (TPSA) is 340 Å². The second-order valence-electron chi connectivity index (χ2n) is 29.4. The summed E-state index contributed by atoms with van der Waals surface area (Å²) in [4.78, 5) is 102. The van der Waals surface area contributed by atoms with Crippen molar-refractivity contribution in [3.05, 3.63) is 107 Å². The van der Waals surface area contributed by atoms with Gasteiger partial charge in [-0.05, 0) is 149 Å². The predicted octanol–water partition coefficient (Wildman–Crippen LogP) is 8.39. The lowest BCUT2D eigenvalue weighted by molar-refractivity contribution is -0.923. The number of anilines is 5. The number of carbonyl (C=O) groups is 7. The second-order valence-corrected chi connectivity index (χ2v) is 30.4. The van der Waals surface area contributed by atoms with Gasteiger partial charge in [0.2, 0.25) is 17.7 Å². The molecule has 9 N–H and O–H groups in total. The number of aliphatic hydroxyl groups excluding tert-OH is 1. The minimum atomic E-state index is -1.13. The number of nitrogens with one attached hydrogen (secondary N) is 5. The highest BCUT2D eigenvalue weighted by atomic mass is 32.1. The van der Waals surface area contributed by atoms with Gasteiger partial charge in [-0.15, -0.1) is 10.2 Å². The van der Waals surface area contributed by atoms with E-state index in [0.29, 0.717) is 72.3 Å². The molecule has 2 aromatic carbocycles. The molecule has 7 amide bonds. The van der Waals surface area contributed by atoms with Crippen molar-refractivity contribution in [1.82, 2.24) is 50.8 Å². The minimum Gasteiger partial charge on any atom is -0.476 e. The van der Waals surface area contributed by atoms with Crippen molar-refractivity contribution < 1.29 is 57.7 Å². The van der Waals surface area contributed by atoms with Crippen molar-refractivity contribution in [2.24, 2.45) is 27.9 Å². The number of unbranched alkanes of at least 4 members (excludes halogenated alkanes) is 1. The van der Waals surface area contributed by atoms with Crippen LogP contribution in [0.3, 0.4) is 0 Å². The van der Waals surface area contributed by atoms with E-state index in [4.69, 9.17) is 35.4 Å². The number of thiazole rings is 1. The highest BCUT2D eigenvalue weighted by molar-refractivity contribution is 7.22. The predicted molar refractivity (Wildman–Crippen MR) is 375 cm³/mol. The number of nitrogens with zero attached hydrogens (tertiary/aromatic N) is 9. The van der Waals surface area contributed by atoms with E-state index in [-0.39, 0.29) is 79.2 Å². The Morgan fingerprint density at radius 2 is 1.58 bits per heavy atom. The zero-order valence-corrected chi connectivity index (χ0v) is 58.6. The maximum Gasteiger partial charge on any atom is 0.355 e. The Morgan fingerprint density at radius 3 is 2.28 bits per heavy atom. The van der Waals surface area contributed by atoms with Gasteiger partial charge in [-0.3, -0.25) is 33.6 Å². The van der Waals surface area contributed by atoms with Gasteiger partial charge in [0.1, 0.15) is 31.0 Å². The lowest BCUT2D eigenvalue weighted by Crippen LogP contribution is -2.64. The monoisotopic (exact) mass is 1380 g/mol. The SMILES string of the molecule is Cc1c(Nc2nc3ccccc3s2)nnc2c1CCCN2c1ccc(-c2cnn(CC34CC5(OCC[N+](C)(CCCCO)Cc6ccc(NC(=O)[C@H](CCCNC(N)=O)NC(=O)[C@@H](NC(=O)CCOCCN7C(=O)C=CC7=O)C(C)C)cc6)C[C@](C)(C3)C[C@](C)(C4)C5)c2C)c(C(=O)O)n1. The smallest absolute Gasteiger partial charge is 0.355 e. The Hall–Kier alpha value is -8.76. The number of hydrogen-bond donors (Lipinski definition) is 8. The van der Waals surface area contributed by atoms with Crippen LogP contribution in [-0.2, 0) is 53.0 Å². The molecular weight excluding hydrogens is 1280 g/mol. The molecule has 3 unspecified atom stereocenters. The number of aromatic nitrogens is 6. The van der Waals surface area contributed by atoms with E-state index in [1.807, 2.05) is 79.4 Å². The molecule has 0 radical (unpaired) electrons. The van der Waals surface area contributed by atoms with Crippen LogP contribution in [0.15, 0.2) is 79.0 Å². The number of carboxylic acid groups (broad SMARTS) is 1. The van der Waals surface area contributed by atoms with Crippen molar-refractivity contribution >= 4 is 91.4 Å². The molecule has 99 heavy (non-hydrogen) atoms. The average molecular weight is 1380 g/mol. The number of imide groups is 1. The quantitative estimate of drug-likeness (QED) is 0.0109. The van der Waals surface area contributed by atoms with Crippen molar-refractivity contribution in [2.75, 3.05) is 81.7 Å². The van der Waals surface area contributed by atoms with Crippen LogP contribution in [0.1, 0.15) is 138 Å². The molecule has 12 rings (SSSR count). The van der Waals surface area contributed by atoms with Crippen LogP contribution in [-0.4, -0.2) is 175 Å². The number of urea groups is 1. The summed E-state index contributed by atoms with van der Waals surface area (Å²) in [6, 6.07) is 16.6. The van der Waals surface area contributed by atoms with E-state index in [9.17, 15) is 43.8 Å². The van der Waals surface area contributed by atoms with Crippen molar-refractivity contribution in [3.63, 3.8) is 0 Å². The molecule has 528 valence electrons. The van der Waals surface area contributed by atoms with Crippen LogP contribution in [0.4, 0.5) is 33.1 Å². The number of quaternary nitrogens is 1. The molecule has 6 aromatic rings. The second kappa shape index (κ2) is 30.0. The normalized spacial score (nSPS) is 21.9. The molecule has 4 bridgehead atoms. The van der Waals surface area contributed by atoms with Gasteiger partial charge in [-0.1, -0.05) is 63.3 Å². The zero-order chi connectivity index (χ0) is 70.4. The highest BCUT2D eigenvalue weighted by Gasteiger charge is 2.66. The first-order chi connectivity index (χ1) is 47.3. The number of ether oxygens (including phenoxy) is 2. The maximum atomic E-state index is 14.1. The van der Waals surface area contributed by atoms with Crippen molar-refractivity contribution in [1.29, 1.82) is 0 Å². The van der Waals surface area contributed by atoms with Gasteiger partial charge < -0.3 is 61.4 Å². The van der Waals surface area contributed by atoms with Crippen LogP contribution in [0.2, 0.25) is 0 Å². The first-order valence-corrected chi connectivity index (χ1v) is 35.3. The molecule has 27 heteroatoms. The lowest BCUT2D eigenvalue weighted by Gasteiger charge is -2.69. The van der Waals surface area contributed by atoms with Gasteiger partial charge in [0, 0.05) is 84.0 Å². The number of likely N-dealkylation sites (N-methyl/N-ethyl adjacent to an activating group) is 1. The van der Waals surface area contributed by atoms with Crippen molar-refractivity contribution in [3.8, 4) is 11.1 Å². The first kappa shape index (κ1) is 71.5. The molecule has 7 atom stereocenters. The number of nitrogens with two attached hydrogens (primary N) is 1. The van der Waals surface area contributed by atoms with Gasteiger partial charge in [0.05, 0.1) is 62.0 Å². The van der Waals surface area contributed by atoms with E-state index < -0.39 is 53.6 Å². The van der Waals surface area contributed by atoms with Crippen LogP contribution in [0.25, 0.3) is 21.3 Å². The van der Waals surface area contributed by atoms with Crippen LogP contribution < -0.4 is 37.2 Å². The van der Waals surface area contributed by atoms with Gasteiger partial charge in [0.25, 0.3) is 11.8 Å². The average Bonchev–Trinajstić information content (AvgIpc) is 1.33. The van der Waals surface area contributed by atoms with Gasteiger partial charge in [-0.2, -0.15) is 5.10 Å². The molecule has 4 aliphatic carbocycles. The van der Waals surface area contributed by atoms with Crippen LogP contribution >= 0.6 is 11.3 Å². The fourth-order valence-corrected chi connectivity index (χ4v) is 17.8. The number of hydrogen-bond acceptors (Lipinski definition) is 18. The summed E-state index contributed by atoms with van der Waals surface area (Å²) < 4.78 is 16.7. The number of para-hydroxylation sites is 1. The number of primary amides is 1. The largest absolute Gasteiger partial charge is 0.476 e. The summed E-state index contributed by atoms with van der Waals surface area (Å²) in [5, 5.41) is 50.2. The molecule has 2 aliphatic heterocycles. The molecule has 6 heterocycles. The summed E-state index contributed by atoms with van der Waals surface area (Å²) in [6.45, 7) is 16.7. The van der Waals surface area contributed by atoms with Gasteiger partial charge in [-0.25, -0.2) is 19.6 Å². The Bertz CT molecular complexity index is 3970. The van der Waals surface area contributed by atoms with E-state index >= 15 is 0 Å². The standard InChI is InChI=1S/C72H93N15O11S/c1-45(2)60(80-57(89)26-33-97-34-29-85-58(90)24-25-59(85)91)65(93)77-54(16-12-27-74-67(73)96)64(92)76-49-20-18-48(19-21-49)37-87(7,30-10-11-32-88)31-35-98-72-41-69(5)38-70(6,42-72)40-71(39-69,43-72)44-86-47(4)52(36-75-86)51-22-23-56(79-61(51)66(94)95)84-28-13-14-50-46(3)62(82-83-63(50)84)81-68-78-53-15-8-9-17-55(53)99-68/h8-9,15,17-25,36,45,54,60,88H,10-14,16,26-35,37-44H2,1-7H3,(H7-,73,74,76,77,78,80,81,82,89,92,93,94,95,96)/p+1/t54-,60-,69-,70+,71?,72?,87?/m0/s1. The third-order valence-corrected chi connectivity index (χ3v) is 21.4. The summed E-state index contributed by atoms with van der Waals surface area (Å²) in [6.07, 6.45) is 13.6. The number of aromatic carboxylic acids is 1. The number of rotatable bonds is 33. The minimum absolute atomic E-state index is 0.0188. The summed E-state index contributed by atoms with van der Waals surface area (Å²) in [5.74, 6) is -2.11. The fourth-order valence-electron chi connectivity index (χ4n) is 16.9. The van der Waals surface area contributed by atoms with Crippen LogP contribution in [0, 0.1) is 36.0 Å². The van der Waals surface area contributed by atoms with E-state index in [2.05, 4.69) is 57.3 Å². The molecule has 4 aromatic heterocycles. The molecule has 26 nitrogen and oxygen atoms in total. The molecule has 6 aliphatic rings. The Labute approximate surface area is 580 Å². The Morgan fingerprint density at radius 1 is 0.828 bits per heavy atom. The van der Waals surface area contributed by atoms with Gasteiger partial charge in [0.15, 0.2) is 22.5 Å². The Kier molecular flexibility index (Phi) is 21.7. The molecule has 4 saturated carbocycles. The lowest BCUT2D eigenvalue weighted by atomic mass is 9.39. The third kappa shape index (κ3) is 16.8. The van der Waals surface area contributed by atoms with E-state index in [1.165, 1.54) is 12.2 Å². The highest BCUT2D eigenvalue weighted by Crippen LogP contribution is 2.72. The summed E-state index contributed by atoms with van der Waals surface area (Å²) in [7, 11) is 2.23. The molecule has 0 saturated heterocycles. The number of benzene rings is 2. The zero-order valence-electron chi connectivity index (χ0n) is 57.8. The van der Waals surface area contributed by atoms with Crippen LogP contribution in [0.5, 0.6) is 0 Å². The number of amides is 7. The third-order valence-electron chi connectivity index (χ3n) is 20.4. The fraction of sp³-hybridized carbons (Fsp3) is 0.528. The van der Waals surface area contributed by atoms with Gasteiger partial charge >= 0.3 is 12.0 Å². The number of aliphatic hydroxyl groups is 1.